The van der Waals surface area contributed by atoms with E-state index < -0.39 is 0 Å². The number of aromatic nitrogens is 1. The van der Waals surface area contributed by atoms with Crippen molar-refractivity contribution in [1.29, 1.82) is 0 Å². The van der Waals surface area contributed by atoms with Crippen LogP contribution in [0.25, 0.3) is 0 Å². The van der Waals surface area contributed by atoms with E-state index in [-0.39, 0.29) is 17.8 Å². The zero-order valence-electron chi connectivity index (χ0n) is 13.7. The number of carbonyl (C=O) groups excluding carboxylic acids is 1. The fourth-order valence-electron chi connectivity index (χ4n) is 3.16. The molecule has 0 saturated heterocycles. The maximum absolute atomic E-state index is 13.3. The van der Waals surface area contributed by atoms with Crippen LogP contribution in [-0.4, -0.2) is 48.7 Å². The predicted octanol–water partition coefficient (Wildman–Crippen LogP) is 1.79. The van der Waals surface area contributed by atoms with Crippen LogP contribution in [0.5, 0.6) is 0 Å². The van der Waals surface area contributed by atoms with Crippen LogP contribution in [0.4, 0.5) is 4.39 Å². The molecule has 5 nitrogen and oxygen atoms in total. The highest BCUT2D eigenvalue weighted by molar-refractivity contribution is 5.78. The molecule has 0 spiro atoms. The Hall–Kier alpha value is -2.18. The van der Waals surface area contributed by atoms with Gasteiger partial charge in [-0.15, -0.1) is 0 Å². The Bertz CT molecular complexity index is 684. The van der Waals surface area contributed by atoms with Crippen molar-refractivity contribution < 1.29 is 13.9 Å². The molecule has 1 aromatic carbocycles. The first-order chi connectivity index (χ1) is 11.7. The van der Waals surface area contributed by atoms with Crippen molar-refractivity contribution in [3.63, 3.8) is 0 Å². The lowest BCUT2D eigenvalue weighted by Gasteiger charge is -2.36. The Labute approximate surface area is 141 Å². The van der Waals surface area contributed by atoms with Gasteiger partial charge in [0, 0.05) is 38.6 Å². The van der Waals surface area contributed by atoms with Crippen LogP contribution in [0.3, 0.4) is 0 Å². The van der Waals surface area contributed by atoms with Crippen LogP contribution in [0.15, 0.2) is 42.6 Å². The van der Waals surface area contributed by atoms with Crippen LogP contribution in [0, 0.1) is 5.82 Å². The molecule has 1 aliphatic heterocycles. The molecule has 1 amide bonds. The summed E-state index contributed by atoms with van der Waals surface area (Å²) in [4.78, 5) is 14.3. The lowest BCUT2D eigenvalue weighted by atomic mass is 10.00. The molecule has 1 aromatic heterocycles. The number of hydrogen-bond acceptors (Lipinski definition) is 3. The topological polar surface area (TPSA) is 46.5 Å². The molecule has 24 heavy (non-hydrogen) atoms. The highest BCUT2D eigenvalue weighted by atomic mass is 19.1. The van der Waals surface area contributed by atoms with Gasteiger partial charge in [0.1, 0.15) is 5.82 Å². The molecule has 0 radical (unpaired) electrons. The summed E-state index contributed by atoms with van der Waals surface area (Å²) in [6.45, 7) is 2.90. The van der Waals surface area contributed by atoms with Crippen molar-refractivity contribution in [2.75, 3.05) is 33.4 Å². The summed E-state index contributed by atoms with van der Waals surface area (Å²) >= 11 is 0. The second kappa shape index (κ2) is 7.59. The van der Waals surface area contributed by atoms with Gasteiger partial charge in [-0.3, -0.25) is 9.69 Å². The van der Waals surface area contributed by atoms with Crippen molar-refractivity contribution in [2.24, 2.45) is 0 Å². The summed E-state index contributed by atoms with van der Waals surface area (Å²) in [5.74, 6) is -0.284. The largest absolute Gasteiger partial charge is 0.383 e. The molecule has 1 N–H and O–H groups in total. The van der Waals surface area contributed by atoms with E-state index in [1.165, 1.54) is 12.1 Å². The molecule has 2 heterocycles. The van der Waals surface area contributed by atoms with Gasteiger partial charge in [0.15, 0.2) is 0 Å². The molecule has 1 aliphatic rings. The zero-order valence-corrected chi connectivity index (χ0v) is 13.7. The minimum absolute atomic E-state index is 0.0285. The van der Waals surface area contributed by atoms with E-state index in [0.29, 0.717) is 19.7 Å². The lowest BCUT2D eigenvalue weighted by Crippen LogP contribution is -2.44. The van der Waals surface area contributed by atoms with Gasteiger partial charge in [-0.05, 0) is 29.8 Å². The highest BCUT2D eigenvalue weighted by Gasteiger charge is 2.29. The van der Waals surface area contributed by atoms with Gasteiger partial charge in [0.25, 0.3) is 0 Å². The smallest absolute Gasteiger partial charge is 0.234 e. The molecule has 3 rings (SSSR count). The van der Waals surface area contributed by atoms with E-state index in [1.807, 2.05) is 12.3 Å². The van der Waals surface area contributed by atoms with E-state index in [1.54, 1.807) is 19.2 Å². The first kappa shape index (κ1) is 16.7. The average molecular weight is 331 g/mol. The van der Waals surface area contributed by atoms with Crippen molar-refractivity contribution in [3.8, 4) is 0 Å². The number of halogens is 1. The number of carbonyl (C=O) groups is 1. The lowest BCUT2D eigenvalue weighted by molar-refractivity contribution is -0.123. The second-order valence-corrected chi connectivity index (χ2v) is 5.89. The summed E-state index contributed by atoms with van der Waals surface area (Å²) in [6.07, 6.45) is 2.04. The van der Waals surface area contributed by atoms with E-state index in [4.69, 9.17) is 4.74 Å². The third kappa shape index (κ3) is 3.66. The van der Waals surface area contributed by atoms with Gasteiger partial charge >= 0.3 is 0 Å². The standard InChI is InChI=1S/C18H22FN3O2/c1-24-12-8-20-17(23)13-22-11-10-21-9-2-3-16(21)18(22)14-4-6-15(19)7-5-14/h2-7,9,18H,8,10-13H2,1H3,(H,20,23)/t18-/m0/s1. The number of rotatable bonds is 6. The van der Waals surface area contributed by atoms with Gasteiger partial charge in [-0.1, -0.05) is 12.1 Å². The molecule has 0 saturated carbocycles. The number of amides is 1. The second-order valence-electron chi connectivity index (χ2n) is 5.89. The average Bonchev–Trinajstić information content (AvgIpc) is 3.04. The predicted molar refractivity (Wildman–Crippen MR) is 89.1 cm³/mol. The van der Waals surface area contributed by atoms with E-state index in [0.717, 1.165) is 24.3 Å². The molecular formula is C18H22FN3O2. The quantitative estimate of drug-likeness (QED) is 0.821. The number of nitrogens with zero attached hydrogens (tertiary/aromatic N) is 2. The summed E-state index contributed by atoms with van der Waals surface area (Å²) in [5, 5.41) is 2.86. The van der Waals surface area contributed by atoms with Crippen LogP contribution in [0.1, 0.15) is 17.3 Å². The molecule has 0 unspecified atom stereocenters. The van der Waals surface area contributed by atoms with Crippen molar-refractivity contribution >= 4 is 5.91 Å². The third-order valence-corrected chi connectivity index (χ3v) is 4.30. The maximum atomic E-state index is 13.3. The fraction of sp³-hybridized carbons (Fsp3) is 0.389. The van der Waals surface area contributed by atoms with Crippen LogP contribution < -0.4 is 5.32 Å². The Kier molecular flexibility index (Phi) is 5.27. The van der Waals surface area contributed by atoms with E-state index in [9.17, 15) is 9.18 Å². The Morgan fingerprint density at radius 3 is 2.83 bits per heavy atom. The SMILES string of the molecule is COCCNC(=O)CN1CCn2cccc2[C@@H]1c1ccc(F)cc1. The highest BCUT2D eigenvalue weighted by Crippen LogP contribution is 2.32. The van der Waals surface area contributed by atoms with Gasteiger partial charge in [-0.2, -0.15) is 0 Å². The number of methoxy groups -OCH3 is 1. The van der Waals surface area contributed by atoms with Gasteiger partial charge in [-0.25, -0.2) is 4.39 Å². The fourth-order valence-corrected chi connectivity index (χ4v) is 3.16. The number of nitrogens with one attached hydrogen (secondary N) is 1. The summed E-state index contributed by atoms with van der Waals surface area (Å²) in [7, 11) is 1.61. The van der Waals surface area contributed by atoms with Gasteiger partial charge < -0.3 is 14.6 Å². The van der Waals surface area contributed by atoms with Gasteiger partial charge in [0.05, 0.1) is 19.2 Å². The minimum Gasteiger partial charge on any atom is -0.383 e. The number of benzene rings is 1. The molecule has 0 fully saturated rings. The molecule has 0 aliphatic carbocycles. The Morgan fingerprint density at radius 1 is 1.29 bits per heavy atom. The molecule has 128 valence electrons. The maximum Gasteiger partial charge on any atom is 0.234 e. The molecule has 1 atom stereocenters. The first-order valence-corrected chi connectivity index (χ1v) is 8.09. The molecular weight excluding hydrogens is 309 g/mol. The van der Waals surface area contributed by atoms with Crippen molar-refractivity contribution in [1.82, 2.24) is 14.8 Å². The van der Waals surface area contributed by atoms with Crippen molar-refractivity contribution in [3.05, 3.63) is 59.7 Å². The third-order valence-electron chi connectivity index (χ3n) is 4.30. The summed E-state index contributed by atoms with van der Waals surface area (Å²) in [5.41, 5.74) is 2.11. The monoisotopic (exact) mass is 331 g/mol. The van der Waals surface area contributed by atoms with E-state index >= 15 is 0 Å². The molecule has 2 aromatic rings. The summed E-state index contributed by atoms with van der Waals surface area (Å²) in [6, 6.07) is 10.5. The zero-order chi connectivity index (χ0) is 16.9. The number of hydrogen-bond donors (Lipinski definition) is 1. The van der Waals surface area contributed by atoms with Crippen molar-refractivity contribution in [2.45, 2.75) is 12.6 Å². The number of fused-ring (bicyclic) bond motifs is 1. The summed E-state index contributed by atoms with van der Waals surface area (Å²) < 4.78 is 20.4. The Morgan fingerprint density at radius 2 is 2.08 bits per heavy atom. The first-order valence-electron chi connectivity index (χ1n) is 8.09. The van der Waals surface area contributed by atoms with Crippen LogP contribution >= 0.6 is 0 Å². The van der Waals surface area contributed by atoms with Gasteiger partial charge in [0.2, 0.25) is 5.91 Å². The normalized spacial score (nSPS) is 17.5. The minimum atomic E-state index is -0.256. The number of ether oxygens (including phenoxy) is 1. The van der Waals surface area contributed by atoms with Crippen LogP contribution in [0.2, 0.25) is 0 Å². The Balaban J connectivity index is 1.80. The molecule has 6 heteroatoms. The van der Waals surface area contributed by atoms with E-state index in [2.05, 4.69) is 20.9 Å². The molecule has 0 bridgehead atoms. The van der Waals surface area contributed by atoms with Crippen LogP contribution in [-0.2, 0) is 16.1 Å².